The third kappa shape index (κ3) is 4.55. The van der Waals surface area contributed by atoms with Crippen LogP contribution >= 0.6 is 11.6 Å². The quantitative estimate of drug-likeness (QED) is 0.802. The maximum atomic E-state index is 13.1. The molecule has 0 saturated carbocycles. The zero-order valence-corrected chi connectivity index (χ0v) is 13.4. The van der Waals surface area contributed by atoms with Crippen LogP contribution in [0, 0.1) is 11.2 Å². The van der Waals surface area contributed by atoms with Crippen molar-refractivity contribution in [2.75, 3.05) is 0 Å². The molecule has 0 amide bonds. The van der Waals surface area contributed by atoms with Gasteiger partial charge in [-0.1, -0.05) is 56.6 Å². The summed E-state index contributed by atoms with van der Waals surface area (Å²) in [5, 5.41) is 4.30. The highest BCUT2D eigenvalue weighted by atomic mass is 35.5. The van der Waals surface area contributed by atoms with Crippen molar-refractivity contribution in [1.82, 2.24) is 5.32 Å². The Morgan fingerprint density at radius 2 is 1.76 bits per heavy atom. The molecule has 3 heteroatoms. The Morgan fingerprint density at radius 3 is 2.33 bits per heavy atom. The second-order valence-corrected chi connectivity index (χ2v) is 6.80. The van der Waals surface area contributed by atoms with Crippen molar-refractivity contribution >= 4 is 11.6 Å². The first-order valence-corrected chi connectivity index (χ1v) is 7.47. The van der Waals surface area contributed by atoms with Gasteiger partial charge in [0.25, 0.3) is 0 Å². The lowest BCUT2D eigenvalue weighted by Gasteiger charge is -2.32. The minimum Gasteiger partial charge on any atom is -0.305 e. The van der Waals surface area contributed by atoms with E-state index in [1.54, 1.807) is 0 Å². The van der Waals surface area contributed by atoms with Gasteiger partial charge in [-0.05, 0) is 40.8 Å². The number of nitrogens with one attached hydrogen (secondary N) is 1. The molecule has 0 aliphatic carbocycles. The van der Waals surface area contributed by atoms with E-state index in [1.807, 2.05) is 36.4 Å². The lowest BCUT2D eigenvalue weighted by Crippen LogP contribution is -2.32. The molecule has 0 aliphatic heterocycles. The average molecular weight is 306 g/mol. The smallest absolute Gasteiger partial charge is 0.123 e. The van der Waals surface area contributed by atoms with Crippen molar-refractivity contribution in [3.8, 4) is 0 Å². The summed E-state index contributed by atoms with van der Waals surface area (Å²) in [6.07, 6.45) is 0. The molecular weight excluding hydrogens is 285 g/mol. The summed E-state index contributed by atoms with van der Waals surface area (Å²) < 4.78 is 13.1. The Hall–Kier alpha value is -1.38. The molecule has 0 spiro atoms. The van der Waals surface area contributed by atoms with Crippen LogP contribution < -0.4 is 5.32 Å². The van der Waals surface area contributed by atoms with Crippen molar-refractivity contribution in [3.05, 3.63) is 70.5 Å². The second-order valence-electron chi connectivity index (χ2n) is 6.36. The van der Waals surface area contributed by atoms with Gasteiger partial charge in [-0.3, -0.25) is 0 Å². The third-order valence-electron chi connectivity index (χ3n) is 3.47. The first kappa shape index (κ1) is 16.0. The molecule has 0 saturated heterocycles. The SMILES string of the molecule is CC(C)(C)C(NCc1cccc(Cl)c1)c1ccc(F)cc1. The van der Waals surface area contributed by atoms with Gasteiger partial charge in [0, 0.05) is 17.6 Å². The summed E-state index contributed by atoms with van der Waals surface area (Å²) in [7, 11) is 0. The van der Waals surface area contributed by atoms with Crippen LogP contribution in [0.2, 0.25) is 5.02 Å². The predicted molar refractivity (Wildman–Crippen MR) is 86.9 cm³/mol. The van der Waals surface area contributed by atoms with Crippen molar-refractivity contribution in [2.24, 2.45) is 5.41 Å². The standard InChI is InChI=1S/C18H21ClFN/c1-18(2,3)17(14-7-9-16(20)10-8-14)21-12-13-5-4-6-15(19)11-13/h4-11,17,21H,12H2,1-3H3. The fraction of sp³-hybridized carbons (Fsp3) is 0.333. The van der Waals surface area contributed by atoms with Gasteiger partial charge in [0.15, 0.2) is 0 Å². The Balaban J connectivity index is 2.16. The molecule has 2 aromatic rings. The molecule has 112 valence electrons. The highest BCUT2D eigenvalue weighted by Gasteiger charge is 2.25. The van der Waals surface area contributed by atoms with Crippen LogP contribution in [-0.2, 0) is 6.54 Å². The van der Waals surface area contributed by atoms with Crippen LogP contribution in [0.25, 0.3) is 0 Å². The molecule has 0 radical (unpaired) electrons. The molecule has 0 fully saturated rings. The fourth-order valence-corrected chi connectivity index (χ4v) is 2.66. The van der Waals surface area contributed by atoms with Gasteiger partial charge < -0.3 is 5.32 Å². The molecule has 0 aromatic heterocycles. The van der Waals surface area contributed by atoms with E-state index in [0.29, 0.717) is 0 Å². The van der Waals surface area contributed by atoms with E-state index < -0.39 is 0 Å². The molecule has 1 unspecified atom stereocenters. The first-order valence-electron chi connectivity index (χ1n) is 7.09. The lowest BCUT2D eigenvalue weighted by molar-refractivity contribution is 0.271. The maximum absolute atomic E-state index is 13.1. The summed E-state index contributed by atoms with van der Waals surface area (Å²) in [4.78, 5) is 0. The minimum atomic E-state index is -0.207. The zero-order chi connectivity index (χ0) is 15.5. The van der Waals surface area contributed by atoms with Crippen LogP contribution in [-0.4, -0.2) is 0 Å². The average Bonchev–Trinajstić information content (AvgIpc) is 2.39. The third-order valence-corrected chi connectivity index (χ3v) is 3.70. The van der Waals surface area contributed by atoms with E-state index >= 15 is 0 Å². The van der Waals surface area contributed by atoms with Gasteiger partial charge in [0.1, 0.15) is 5.82 Å². The predicted octanol–water partition coefficient (Wildman–Crippen LogP) is 5.36. The van der Waals surface area contributed by atoms with Crippen molar-refractivity contribution < 1.29 is 4.39 Å². The summed E-state index contributed by atoms with van der Waals surface area (Å²) in [6, 6.07) is 14.7. The Bertz CT molecular complexity index is 587. The fourth-order valence-electron chi connectivity index (χ4n) is 2.45. The molecule has 1 atom stereocenters. The van der Waals surface area contributed by atoms with E-state index in [1.165, 1.54) is 12.1 Å². The summed E-state index contributed by atoms with van der Waals surface area (Å²) in [6.45, 7) is 7.24. The minimum absolute atomic E-state index is 0.0242. The van der Waals surface area contributed by atoms with Gasteiger partial charge in [-0.2, -0.15) is 0 Å². The Labute approximate surface area is 131 Å². The monoisotopic (exact) mass is 305 g/mol. The molecule has 0 heterocycles. The molecule has 0 aliphatic rings. The van der Waals surface area contributed by atoms with Gasteiger partial charge >= 0.3 is 0 Å². The van der Waals surface area contributed by atoms with E-state index in [-0.39, 0.29) is 17.3 Å². The van der Waals surface area contributed by atoms with Gasteiger partial charge in [-0.15, -0.1) is 0 Å². The number of hydrogen-bond donors (Lipinski definition) is 1. The number of rotatable bonds is 4. The summed E-state index contributed by atoms with van der Waals surface area (Å²) in [5.41, 5.74) is 2.25. The van der Waals surface area contributed by atoms with Crippen LogP contribution in [0.3, 0.4) is 0 Å². The highest BCUT2D eigenvalue weighted by Crippen LogP contribution is 2.33. The number of halogens is 2. The second kappa shape index (κ2) is 6.59. The van der Waals surface area contributed by atoms with Crippen LogP contribution in [0.5, 0.6) is 0 Å². The van der Waals surface area contributed by atoms with Gasteiger partial charge in [-0.25, -0.2) is 4.39 Å². The lowest BCUT2D eigenvalue weighted by atomic mass is 9.82. The van der Waals surface area contributed by atoms with E-state index in [4.69, 9.17) is 11.6 Å². The number of hydrogen-bond acceptors (Lipinski definition) is 1. The number of benzene rings is 2. The van der Waals surface area contributed by atoms with E-state index in [9.17, 15) is 4.39 Å². The summed E-state index contributed by atoms with van der Waals surface area (Å²) in [5.74, 6) is -0.207. The van der Waals surface area contributed by atoms with Crippen LogP contribution in [0.4, 0.5) is 4.39 Å². The van der Waals surface area contributed by atoms with Gasteiger partial charge in [0.05, 0.1) is 0 Å². The Morgan fingerprint density at radius 1 is 1.10 bits per heavy atom. The zero-order valence-electron chi connectivity index (χ0n) is 12.7. The normalized spacial score (nSPS) is 13.2. The van der Waals surface area contributed by atoms with Crippen molar-refractivity contribution in [2.45, 2.75) is 33.4 Å². The van der Waals surface area contributed by atoms with E-state index in [2.05, 4.69) is 26.1 Å². The van der Waals surface area contributed by atoms with E-state index in [0.717, 1.165) is 22.7 Å². The maximum Gasteiger partial charge on any atom is 0.123 e. The van der Waals surface area contributed by atoms with Crippen LogP contribution in [0.1, 0.15) is 37.9 Å². The molecule has 21 heavy (non-hydrogen) atoms. The summed E-state index contributed by atoms with van der Waals surface area (Å²) >= 11 is 6.02. The highest BCUT2D eigenvalue weighted by molar-refractivity contribution is 6.30. The molecular formula is C18H21ClFN. The topological polar surface area (TPSA) is 12.0 Å². The Kier molecular flexibility index (Phi) is 5.02. The largest absolute Gasteiger partial charge is 0.305 e. The van der Waals surface area contributed by atoms with Crippen LogP contribution in [0.15, 0.2) is 48.5 Å². The molecule has 0 bridgehead atoms. The molecule has 1 N–H and O–H groups in total. The van der Waals surface area contributed by atoms with Crippen molar-refractivity contribution in [1.29, 1.82) is 0 Å². The van der Waals surface area contributed by atoms with Gasteiger partial charge in [0.2, 0.25) is 0 Å². The molecule has 1 nitrogen and oxygen atoms in total. The molecule has 2 aromatic carbocycles. The van der Waals surface area contributed by atoms with Crippen molar-refractivity contribution in [3.63, 3.8) is 0 Å². The first-order chi connectivity index (χ1) is 9.86. The molecule has 2 rings (SSSR count).